The Labute approximate surface area is 173 Å². The van der Waals surface area contributed by atoms with Crippen LogP contribution in [-0.2, 0) is 12.6 Å². The van der Waals surface area contributed by atoms with Crippen LogP contribution in [0.3, 0.4) is 0 Å². The standard InChI is InChI=1S/C16H26F3N5S.HI/c1-20-15(21-7-2-3-9-24-10-4-5-11-24)22-8-6-14-23-13(12-25-14)16(17,18)19;/h12H,2-11H2,1H3,(H2,20,21,22);1H. The van der Waals surface area contributed by atoms with Crippen LogP contribution in [0.1, 0.15) is 36.4 Å². The second kappa shape index (κ2) is 12.0. The van der Waals surface area contributed by atoms with Gasteiger partial charge in [0.2, 0.25) is 0 Å². The van der Waals surface area contributed by atoms with Crippen molar-refractivity contribution < 1.29 is 13.2 Å². The summed E-state index contributed by atoms with van der Waals surface area (Å²) in [6.45, 7) is 4.94. The number of thiazole rings is 1. The molecule has 2 heterocycles. The molecule has 0 aromatic carbocycles. The highest BCUT2D eigenvalue weighted by Gasteiger charge is 2.33. The first kappa shape index (κ1) is 23.4. The highest BCUT2D eigenvalue weighted by atomic mass is 127. The summed E-state index contributed by atoms with van der Waals surface area (Å²) in [5, 5.41) is 7.88. The third kappa shape index (κ3) is 8.38. The molecule has 1 aliphatic rings. The lowest BCUT2D eigenvalue weighted by atomic mass is 10.3. The van der Waals surface area contributed by atoms with E-state index in [1.807, 2.05) is 0 Å². The molecule has 0 spiro atoms. The van der Waals surface area contributed by atoms with Crippen molar-refractivity contribution in [3.05, 3.63) is 16.1 Å². The Hall–Kier alpha value is -0.620. The lowest BCUT2D eigenvalue weighted by Crippen LogP contribution is -2.38. The van der Waals surface area contributed by atoms with Gasteiger partial charge >= 0.3 is 6.18 Å². The highest BCUT2D eigenvalue weighted by Crippen LogP contribution is 2.29. The summed E-state index contributed by atoms with van der Waals surface area (Å²) >= 11 is 1.04. The zero-order valence-corrected chi connectivity index (χ0v) is 18.1. The Morgan fingerprint density at radius 3 is 2.54 bits per heavy atom. The molecule has 150 valence electrons. The van der Waals surface area contributed by atoms with Gasteiger partial charge in [-0.1, -0.05) is 0 Å². The average molecular weight is 505 g/mol. The van der Waals surface area contributed by atoms with E-state index in [4.69, 9.17) is 0 Å². The molecule has 2 N–H and O–H groups in total. The Balaban J connectivity index is 0.00000338. The van der Waals surface area contributed by atoms with Crippen molar-refractivity contribution in [1.82, 2.24) is 20.5 Å². The lowest BCUT2D eigenvalue weighted by molar-refractivity contribution is -0.140. The minimum atomic E-state index is -4.37. The maximum atomic E-state index is 12.5. The molecule has 1 saturated heterocycles. The molecular weight excluding hydrogens is 478 g/mol. The summed E-state index contributed by atoms with van der Waals surface area (Å²) in [5.74, 6) is 0.675. The molecular formula is C16H27F3IN5S. The Morgan fingerprint density at radius 1 is 1.23 bits per heavy atom. The van der Waals surface area contributed by atoms with Crippen molar-refractivity contribution in [3.8, 4) is 0 Å². The molecule has 5 nitrogen and oxygen atoms in total. The van der Waals surface area contributed by atoms with Crippen LogP contribution in [0.2, 0.25) is 0 Å². The van der Waals surface area contributed by atoms with Gasteiger partial charge in [0.05, 0.1) is 5.01 Å². The van der Waals surface area contributed by atoms with Crippen molar-refractivity contribution in [2.75, 3.05) is 39.8 Å². The summed E-state index contributed by atoms with van der Waals surface area (Å²) in [6.07, 6.45) is 0.934. The number of likely N-dealkylation sites (tertiary alicyclic amines) is 1. The number of hydrogen-bond donors (Lipinski definition) is 2. The van der Waals surface area contributed by atoms with Gasteiger partial charge in [0.1, 0.15) is 0 Å². The predicted octanol–water partition coefficient (Wildman–Crippen LogP) is 3.36. The minimum absolute atomic E-state index is 0. The average Bonchev–Trinajstić information content (AvgIpc) is 3.24. The second-order valence-corrected chi connectivity index (χ2v) is 7.00. The number of aliphatic imine (C=N–C) groups is 1. The molecule has 1 aromatic heterocycles. The maximum Gasteiger partial charge on any atom is 0.434 e. The van der Waals surface area contributed by atoms with Crippen molar-refractivity contribution in [2.45, 2.75) is 38.3 Å². The first-order valence-corrected chi connectivity index (χ1v) is 9.55. The van der Waals surface area contributed by atoms with E-state index in [2.05, 4.69) is 25.5 Å². The Bertz CT molecular complexity index is 544. The molecule has 0 radical (unpaired) electrons. The summed E-state index contributed by atoms with van der Waals surface area (Å²) in [5.41, 5.74) is -0.812. The third-order valence-corrected chi connectivity index (χ3v) is 5.00. The normalized spacial score (nSPS) is 15.8. The molecule has 1 fully saturated rings. The van der Waals surface area contributed by atoms with Gasteiger partial charge in [-0.2, -0.15) is 13.2 Å². The molecule has 26 heavy (non-hydrogen) atoms. The number of hydrogen-bond acceptors (Lipinski definition) is 4. The molecule has 0 unspecified atom stereocenters. The zero-order chi connectivity index (χ0) is 18.1. The molecule has 1 aromatic rings. The van der Waals surface area contributed by atoms with Crippen LogP contribution in [0.25, 0.3) is 0 Å². The number of aromatic nitrogens is 1. The third-order valence-electron chi connectivity index (χ3n) is 4.09. The molecule has 0 aliphatic carbocycles. The van der Waals surface area contributed by atoms with E-state index in [9.17, 15) is 13.2 Å². The summed E-state index contributed by atoms with van der Waals surface area (Å²) in [4.78, 5) is 10.2. The highest BCUT2D eigenvalue weighted by molar-refractivity contribution is 14.0. The number of nitrogens with zero attached hydrogens (tertiary/aromatic N) is 3. The van der Waals surface area contributed by atoms with Crippen LogP contribution in [0.4, 0.5) is 13.2 Å². The van der Waals surface area contributed by atoms with E-state index >= 15 is 0 Å². The second-order valence-electron chi connectivity index (χ2n) is 6.06. The topological polar surface area (TPSA) is 52.6 Å². The fourth-order valence-electron chi connectivity index (χ4n) is 2.74. The quantitative estimate of drug-likeness (QED) is 0.246. The van der Waals surface area contributed by atoms with E-state index in [1.165, 1.54) is 25.9 Å². The van der Waals surface area contributed by atoms with E-state index in [0.29, 0.717) is 23.9 Å². The molecule has 0 saturated carbocycles. The van der Waals surface area contributed by atoms with Crippen LogP contribution in [0.5, 0.6) is 0 Å². The van der Waals surface area contributed by atoms with Crippen LogP contribution < -0.4 is 10.6 Å². The van der Waals surface area contributed by atoms with Gasteiger partial charge in [0.15, 0.2) is 11.7 Å². The van der Waals surface area contributed by atoms with E-state index in [0.717, 1.165) is 42.6 Å². The molecule has 0 amide bonds. The number of nitrogens with one attached hydrogen (secondary N) is 2. The van der Waals surface area contributed by atoms with Gasteiger partial charge in [-0.3, -0.25) is 4.99 Å². The van der Waals surface area contributed by atoms with Gasteiger partial charge < -0.3 is 15.5 Å². The van der Waals surface area contributed by atoms with Gasteiger partial charge in [-0.15, -0.1) is 35.3 Å². The minimum Gasteiger partial charge on any atom is -0.356 e. The van der Waals surface area contributed by atoms with Gasteiger partial charge in [0, 0.05) is 31.9 Å². The van der Waals surface area contributed by atoms with Crippen LogP contribution in [-0.4, -0.2) is 55.6 Å². The molecule has 2 rings (SSSR count). The zero-order valence-electron chi connectivity index (χ0n) is 14.9. The van der Waals surface area contributed by atoms with Gasteiger partial charge in [-0.25, -0.2) is 4.98 Å². The molecule has 0 bridgehead atoms. The van der Waals surface area contributed by atoms with E-state index in [1.54, 1.807) is 7.05 Å². The fraction of sp³-hybridized carbons (Fsp3) is 0.750. The van der Waals surface area contributed by atoms with Crippen LogP contribution >= 0.6 is 35.3 Å². The molecule has 0 atom stereocenters. The van der Waals surface area contributed by atoms with E-state index in [-0.39, 0.29) is 24.0 Å². The summed E-state index contributed by atoms with van der Waals surface area (Å²) in [6, 6.07) is 0. The Morgan fingerprint density at radius 2 is 1.92 bits per heavy atom. The van der Waals surface area contributed by atoms with Gasteiger partial charge in [-0.05, 0) is 45.3 Å². The van der Waals surface area contributed by atoms with E-state index < -0.39 is 11.9 Å². The van der Waals surface area contributed by atoms with Crippen molar-refractivity contribution in [2.24, 2.45) is 4.99 Å². The molecule has 10 heteroatoms. The van der Waals surface area contributed by atoms with Crippen molar-refractivity contribution in [3.63, 3.8) is 0 Å². The van der Waals surface area contributed by atoms with Crippen molar-refractivity contribution in [1.29, 1.82) is 0 Å². The number of rotatable bonds is 8. The number of alkyl halides is 3. The SMILES string of the molecule is CN=C(NCCCCN1CCCC1)NCCc1nc(C(F)(F)F)cs1.I. The Kier molecular flexibility index (Phi) is 10.8. The predicted molar refractivity (Wildman–Crippen MR) is 111 cm³/mol. The summed E-state index contributed by atoms with van der Waals surface area (Å²) < 4.78 is 37.5. The fourth-order valence-corrected chi connectivity index (χ4v) is 3.54. The largest absolute Gasteiger partial charge is 0.434 e. The van der Waals surface area contributed by atoms with Crippen molar-refractivity contribution >= 4 is 41.3 Å². The number of halogens is 4. The summed E-state index contributed by atoms with van der Waals surface area (Å²) in [7, 11) is 1.69. The molecule has 1 aliphatic heterocycles. The lowest BCUT2D eigenvalue weighted by Gasteiger charge is -2.15. The maximum absolute atomic E-state index is 12.5. The number of unbranched alkanes of at least 4 members (excludes halogenated alkanes) is 1. The smallest absolute Gasteiger partial charge is 0.356 e. The van der Waals surface area contributed by atoms with Crippen LogP contribution in [0.15, 0.2) is 10.4 Å². The van der Waals surface area contributed by atoms with Crippen LogP contribution in [0, 0.1) is 0 Å². The van der Waals surface area contributed by atoms with Gasteiger partial charge in [0.25, 0.3) is 0 Å². The monoisotopic (exact) mass is 505 g/mol. The number of guanidine groups is 1. The first-order valence-electron chi connectivity index (χ1n) is 8.67. The first-order chi connectivity index (χ1) is 12.0.